The van der Waals surface area contributed by atoms with Gasteiger partial charge in [0.25, 0.3) is 0 Å². The van der Waals surface area contributed by atoms with Crippen LogP contribution in [-0.4, -0.2) is 51.6 Å². The zero-order chi connectivity index (χ0) is 30.5. The number of carbonyl (C=O) groups is 3. The lowest BCUT2D eigenvalue weighted by molar-refractivity contribution is -0.148. The minimum atomic E-state index is -1.23. The smallest absolute Gasteiger partial charge is 0.250 e. The minimum Gasteiger partial charge on any atom is -0.394 e. The Morgan fingerprint density at radius 1 is 0.864 bits per heavy atom. The third kappa shape index (κ3) is 4.31. The van der Waals surface area contributed by atoms with Gasteiger partial charge in [-0.05, 0) is 59.9 Å². The van der Waals surface area contributed by atoms with E-state index in [1.165, 1.54) is 4.90 Å². The van der Waals surface area contributed by atoms with Gasteiger partial charge < -0.3 is 25.4 Å². The van der Waals surface area contributed by atoms with Crippen LogP contribution in [0.1, 0.15) is 37.8 Å². The van der Waals surface area contributed by atoms with Gasteiger partial charge in [-0.1, -0.05) is 85.8 Å². The van der Waals surface area contributed by atoms with Gasteiger partial charge in [0.15, 0.2) is 0 Å². The number of amides is 3. The first-order chi connectivity index (χ1) is 21.4. The van der Waals surface area contributed by atoms with Crippen LogP contribution in [0.4, 0.5) is 11.4 Å². The Bertz CT molecular complexity index is 1730. The number of likely N-dealkylation sites (tertiary alicyclic amines) is 1. The Hall–Kier alpha value is -4.53. The molecule has 6 atom stereocenters. The molecule has 3 saturated heterocycles. The van der Waals surface area contributed by atoms with Crippen LogP contribution in [0.15, 0.2) is 103 Å². The van der Waals surface area contributed by atoms with Crippen molar-refractivity contribution in [1.82, 2.24) is 4.90 Å². The quantitative estimate of drug-likeness (QED) is 0.258. The average Bonchev–Trinajstić information content (AvgIpc) is 3.66. The lowest BCUT2D eigenvalue weighted by Crippen LogP contribution is -2.54. The maximum Gasteiger partial charge on any atom is 0.250 e. The van der Waals surface area contributed by atoms with E-state index < -0.39 is 47.6 Å². The number of hydrogen-bond donors (Lipinski definition) is 3. The average molecular weight is 590 g/mol. The number of nitrogens with zero attached hydrogens (tertiary/aromatic N) is 1. The number of fused-ring (bicyclic) bond motifs is 2. The Morgan fingerprint density at radius 3 is 2.23 bits per heavy atom. The van der Waals surface area contributed by atoms with E-state index in [1.54, 1.807) is 12.1 Å². The first-order valence-electron chi connectivity index (χ1n) is 15.2. The van der Waals surface area contributed by atoms with Crippen molar-refractivity contribution in [2.24, 2.45) is 11.8 Å². The Kier molecular flexibility index (Phi) is 6.98. The zero-order valence-electron chi connectivity index (χ0n) is 24.5. The Labute approximate surface area is 256 Å². The van der Waals surface area contributed by atoms with E-state index >= 15 is 0 Å². The third-order valence-electron chi connectivity index (χ3n) is 9.90. The standard InChI is InChI=1S/C36H35N3O5/c1-2-35-19-20-36(44-35)30(29(35)32(41)37-26-15-7-4-8-16-26)34(43)39(28(22-40)24-12-5-3-6-13-24)31(36)33(42)38-27-18-17-23-11-9-10-14-25(23)21-27/h3-18,21,28-31,40H,2,19-20,22H2,1H3,(H,37,41)(H,38,42)/t28-,29+,30+,31?,35-,36?/m1/s1. The SMILES string of the molecule is CC[C@]12CCC3(O1)C(C(=O)Nc1ccc4ccccc4c1)N([C@H](CO)c1ccccc1)C(=O)[C@@H]3[C@H]2C(=O)Nc1ccccc1. The van der Waals surface area contributed by atoms with Crippen LogP contribution < -0.4 is 10.6 Å². The lowest BCUT2D eigenvalue weighted by atomic mass is 9.65. The van der Waals surface area contributed by atoms with Gasteiger partial charge in [0.1, 0.15) is 11.6 Å². The third-order valence-corrected chi connectivity index (χ3v) is 9.90. The first-order valence-corrected chi connectivity index (χ1v) is 15.2. The molecule has 3 N–H and O–H groups in total. The molecule has 1 spiro atoms. The molecule has 224 valence electrons. The highest BCUT2D eigenvalue weighted by Gasteiger charge is 2.79. The normalized spacial score (nSPS) is 27.7. The first kappa shape index (κ1) is 28.3. The summed E-state index contributed by atoms with van der Waals surface area (Å²) in [5, 5.41) is 18.8. The summed E-state index contributed by atoms with van der Waals surface area (Å²) >= 11 is 0. The van der Waals surface area contributed by atoms with Gasteiger partial charge in [-0.3, -0.25) is 14.4 Å². The van der Waals surface area contributed by atoms with E-state index in [9.17, 15) is 19.5 Å². The van der Waals surface area contributed by atoms with Crippen molar-refractivity contribution in [3.63, 3.8) is 0 Å². The minimum absolute atomic E-state index is 0.297. The van der Waals surface area contributed by atoms with Gasteiger partial charge in [-0.25, -0.2) is 0 Å². The summed E-state index contributed by atoms with van der Waals surface area (Å²) in [6, 6.07) is 30.1. The van der Waals surface area contributed by atoms with Gasteiger partial charge in [0, 0.05) is 11.4 Å². The largest absolute Gasteiger partial charge is 0.394 e. The topological polar surface area (TPSA) is 108 Å². The summed E-state index contributed by atoms with van der Waals surface area (Å²) in [6.07, 6.45) is 1.51. The summed E-state index contributed by atoms with van der Waals surface area (Å²) in [4.78, 5) is 44.7. The molecule has 0 aromatic heterocycles. The van der Waals surface area contributed by atoms with Crippen molar-refractivity contribution in [2.45, 2.75) is 49.5 Å². The van der Waals surface area contributed by atoms with Crippen LogP contribution in [-0.2, 0) is 19.1 Å². The number of aliphatic hydroxyl groups is 1. The fourth-order valence-electron chi connectivity index (χ4n) is 7.94. The molecule has 2 unspecified atom stereocenters. The van der Waals surface area contributed by atoms with Crippen molar-refractivity contribution in [3.05, 3.63) is 109 Å². The van der Waals surface area contributed by atoms with Gasteiger partial charge in [0.05, 0.1) is 30.1 Å². The molecule has 4 aromatic carbocycles. The lowest BCUT2D eigenvalue weighted by Gasteiger charge is -2.37. The van der Waals surface area contributed by atoms with Crippen molar-refractivity contribution in [1.29, 1.82) is 0 Å². The van der Waals surface area contributed by atoms with Crippen LogP contribution in [0.3, 0.4) is 0 Å². The maximum absolute atomic E-state index is 14.7. The molecule has 7 rings (SSSR count). The predicted octanol–water partition coefficient (Wildman–Crippen LogP) is 5.31. The second kappa shape index (κ2) is 10.9. The molecule has 0 aliphatic carbocycles. The summed E-state index contributed by atoms with van der Waals surface area (Å²) in [7, 11) is 0. The van der Waals surface area contributed by atoms with Gasteiger partial charge in [-0.15, -0.1) is 0 Å². The molecule has 3 fully saturated rings. The van der Waals surface area contributed by atoms with Crippen LogP contribution >= 0.6 is 0 Å². The van der Waals surface area contributed by atoms with Crippen LogP contribution in [0, 0.1) is 11.8 Å². The summed E-state index contributed by atoms with van der Waals surface area (Å²) in [6.45, 7) is 1.58. The number of ether oxygens (including phenoxy) is 1. The Balaban J connectivity index is 1.31. The molecular weight excluding hydrogens is 554 g/mol. The number of aliphatic hydroxyl groups excluding tert-OH is 1. The van der Waals surface area contributed by atoms with E-state index in [2.05, 4.69) is 10.6 Å². The van der Waals surface area contributed by atoms with Crippen molar-refractivity contribution >= 4 is 39.9 Å². The van der Waals surface area contributed by atoms with Crippen molar-refractivity contribution in [3.8, 4) is 0 Å². The molecule has 3 amide bonds. The zero-order valence-corrected chi connectivity index (χ0v) is 24.5. The summed E-state index contributed by atoms with van der Waals surface area (Å²) < 4.78 is 6.90. The van der Waals surface area contributed by atoms with Crippen molar-refractivity contribution in [2.75, 3.05) is 17.2 Å². The number of carbonyl (C=O) groups excluding carboxylic acids is 3. The van der Waals surface area contributed by atoms with E-state index in [0.29, 0.717) is 36.2 Å². The molecule has 8 nitrogen and oxygen atoms in total. The summed E-state index contributed by atoms with van der Waals surface area (Å²) in [5.41, 5.74) is -0.181. The molecule has 0 radical (unpaired) electrons. The van der Waals surface area contributed by atoms with Crippen molar-refractivity contribution < 1.29 is 24.2 Å². The van der Waals surface area contributed by atoms with Crippen LogP contribution in [0.25, 0.3) is 10.8 Å². The van der Waals surface area contributed by atoms with Crippen LogP contribution in [0.2, 0.25) is 0 Å². The maximum atomic E-state index is 14.7. The predicted molar refractivity (Wildman–Crippen MR) is 168 cm³/mol. The molecule has 3 heterocycles. The number of rotatable bonds is 8. The molecule has 2 bridgehead atoms. The molecule has 4 aromatic rings. The number of anilines is 2. The summed E-state index contributed by atoms with van der Waals surface area (Å²) in [5.74, 6) is -2.74. The Morgan fingerprint density at radius 2 is 1.52 bits per heavy atom. The molecular formula is C36H35N3O5. The molecule has 8 heteroatoms. The number of benzene rings is 4. The molecule has 0 saturated carbocycles. The fraction of sp³-hybridized carbons (Fsp3) is 0.306. The van der Waals surface area contributed by atoms with Crippen LogP contribution in [0.5, 0.6) is 0 Å². The van der Waals surface area contributed by atoms with E-state index in [-0.39, 0.29) is 11.8 Å². The fourth-order valence-corrected chi connectivity index (χ4v) is 7.94. The number of para-hydroxylation sites is 1. The van der Waals surface area contributed by atoms with Gasteiger partial charge in [0.2, 0.25) is 17.7 Å². The highest BCUT2D eigenvalue weighted by Crippen LogP contribution is 2.65. The van der Waals surface area contributed by atoms with Gasteiger partial charge >= 0.3 is 0 Å². The number of hydrogen-bond acceptors (Lipinski definition) is 5. The monoisotopic (exact) mass is 589 g/mol. The number of nitrogens with one attached hydrogen (secondary N) is 2. The second-order valence-electron chi connectivity index (χ2n) is 12.1. The van der Waals surface area contributed by atoms with E-state index in [0.717, 1.165) is 10.8 Å². The highest BCUT2D eigenvalue weighted by molar-refractivity contribution is 6.06. The van der Waals surface area contributed by atoms with Gasteiger partial charge in [-0.2, -0.15) is 0 Å². The highest BCUT2D eigenvalue weighted by atomic mass is 16.5. The van der Waals surface area contributed by atoms with E-state index in [1.807, 2.05) is 97.9 Å². The molecule has 3 aliphatic rings. The second-order valence-corrected chi connectivity index (χ2v) is 12.1. The molecule has 44 heavy (non-hydrogen) atoms. The molecule has 3 aliphatic heterocycles. The van der Waals surface area contributed by atoms with E-state index in [4.69, 9.17) is 4.74 Å².